The van der Waals surface area contributed by atoms with Crippen LogP contribution < -0.4 is 10.2 Å². The van der Waals surface area contributed by atoms with Gasteiger partial charge in [0, 0.05) is 31.5 Å². The fourth-order valence-corrected chi connectivity index (χ4v) is 3.13. The Kier molecular flexibility index (Phi) is 3.25. The molecule has 1 aliphatic carbocycles. The standard InChI is InChI=1S/C16H17FN8/c17-12-6-18-9-20-15(12)19-5-10-7-24(8-10)14-4-3-13-21-22-16(11-1-2-11)25(13)23-14/h3-4,6,9-11H,1-2,5,7-8H2,(H,18,19,20). The Balaban J connectivity index is 1.24. The number of hydrogen-bond acceptors (Lipinski definition) is 7. The Bertz CT molecular complexity index is 915. The van der Waals surface area contributed by atoms with Crippen LogP contribution in [0.2, 0.25) is 0 Å². The van der Waals surface area contributed by atoms with Crippen molar-refractivity contribution in [1.82, 2.24) is 29.8 Å². The third-order valence-electron chi connectivity index (χ3n) is 4.72. The van der Waals surface area contributed by atoms with Crippen molar-refractivity contribution in [2.45, 2.75) is 18.8 Å². The summed E-state index contributed by atoms with van der Waals surface area (Å²) < 4.78 is 15.4. The van der Waals surface area contributed by atoms with Gasteiger partial charge in [0.2, 0.25) is 0 Å². The number of nitrogens with zero attached hydrogens (tertiary/aromatic N) is 7. The molecule has 5 rings (SSSR count). The summed E-state index contributed by atoms with van der Waals surface area (Å²) in [6.07, 6.45) is 4.85. The summed E-state index contributed by atoms with van der Waals surface area (Å²) in [5.74, 6) is 2.66. The van der Waals surface area contributed by atoms with Gasteiger partial charge in [-0.1, -0.05) is 0 Å². The van der Waals surface area contributed by atoms with E-state index in [4.69, 9.17) is 5.10 Å². The van der Waals surface area contributed by atoms with Gasteiger partial charge >= 0.3 is 0 Å². The van der Waals surface area contributed by atoms with Gasteiger partial charge in [0.1, 0.15) is 12.1 Å². The molecule has 1 N–H and O–H groups in total. The molecule has 1 aliphatic heterocycles. The highest BCUT2D eigenvalue weighted by molar-refractivity contribution is 5.48. The van der Waals surface area contributed by atoms with E-state index in [0.29, 0.717) is 18.4 Å². The molecule has 2 fully saturated rings. The molecule has 1 saturated carbocycles. The highest BCUT2D eigenvalue weighted by Gasteiger charge is 2.31. The first-order valence-electron chi connectivity index (χ1n) is 8.44. The highest BCUT2D eigenvalue weighted by atomic mass is 19.1. The SMILES string of the molecule is Fc1cncnc1NCC1CN(c2ccc3nnc(C4CC4)n3n2)C1. The normalized spacial score (nSPS) is 17.7. The van der Waals surface area contributed by atoms with Gasteiger partial charge in [-0.3, -0.25) is 0 Å². The molecule has 9 heteroatoms. The van der Waals surface area contributed by atoms with Gasteiger partial charge < -0.3 is 10.2 Å². The van der Waals surface area contributed by atoms with E-state index < -0.39 is 5.82 Å². The molecule has 4 heterocycles. The predicted octanol–water partition coefficient (Wildman–Crippen LogP) is 1.48. The minimum absolute atomic E-state index is 0.256. The average Bonchev–Trinajstić information content (AvgIpc) is 3.34. The van der Waals surface area contributed by atoms with E-state index in [-0.39, 0.29) is 5.82 Å². The molecule has 2 aliphatic rings. The van der Waals surface area contributed by atoms with Crippen molar-refractivity contribution in [2.24, 2.45) is 5.92 Å². The lowest BCUT2D eigenvalue weighted by molar-refractivity contribution is 0.423. The number of rotatable bonds is 5. The summed E-state index contributed by atoms with van der Waals surface area (Å²) >= 11 is 0. The molecule has 0 spiro atoms. The number of fused-ring (bicyclic) bond motifs is 1. The summed E-state index contributed by atoms with van der Waals surface area (Å²) in [6, 6.07) is 3.94. The minimum atomic E-state index is -0.425. The summed E-state index contributed by atoms with van der Waals surface area (Å²) in [7, 11) is 0. The van der Waals surface area contributed by atoms with E-state index in [9.17, 15) is 4.39 Å². The summed E-state index contributed by atoms with van der Waals surface area (Å²) in [5, 5.41) is 16.2. The Labute approximate surface area is 143 Å². The second-order valence-corrected chi connectivity index (χ2v) is 6.67. The second-order valence-electron chi connectivity index (χ2n) is 6.67. The highest BCUT2D eigenvalue weighted by Crippen LogP contribution is 2.38. The van der Waals surface area contributed by atoms with Crippen molar-refractivity contribution in [3.8, 4) is 0 Å². The molecule has 0 aromatic carbocycles. The molecule has 8 nitrogen and oxygen atoms in total. The lowest BCUT2D eigenvalue weighted by Gasteiger charge is -2.40. The second kappa shape index (κ2) is 5.61. The number of halogens is 1. The van der Waals surface area contributed by atoms with Crippen molar-refractivity contribution < 1.29 is 4.39 Å². The zero-order chi connectivity index (χ0) is 16.8. The predicted molar refractivity (Wildman–Crippen MR) is 88.9 cm³/mol. The molecular formula is C16H17FN8. The molecule has 25 heavy (non-hydrogen) atoms. The molecule has 3 aromatic rings. The first-order valence-corrected chi connectivity index (χ1v) is 8.44. The zero-order valence-electron chi connectivity index (χ0n) is 13.5. The molecule has 0 radical (unpaired) electrons. The van der Waals surface area contributed by atoms with Crippen molar-refractivity contribution in [1.29, 1.82) is 0 Å². The van der Waals surface area contributed by atoms with Crippen LogP contribution in [0.3, 0.4) is 0 Å². The van der Waals surface area contributed by atoms with Crippen molar-refractivity contribution >= 4 is 17.3 Å². The maximum atomic E-state index is 13.5. The monoisotopic (exact) mass is 340 g/mol. The van der Waals surface area contributed by atoms with Crippen LogP contribution in [0.1, 0.15) is 24.6 Å². The van der Waals surface area contributed by atoms with E-state index in [2.05, 4.69) is 30.4 Å². The van der Waals surface area contributed by atoms with Gasteiger partial charge in [-0.15, -0.1) is 15.3 Å². The van der Waals surface area contributed by atoms with E-state index in [1.54, 1.807) is 0 Å². The smallest absolute Gasteiger partial charge is 0.183 e. The van der Waals surface area contributed by atoms with Crippen LogP contribution in [0.5, 0.6) is 0 Å². The topological polar surface area (TPSA) is 84.1 Å². The van der Waals surface area contributed by atoms with Gasteiger partial charge in [-0.05, 0) is 25.0 Å². The quantitative estimate of drug-likeness (QED) is 0.753. The Morgan fingerprint density at radius 3 is 2.88 bits per heavy atom. The van der Waals surface area contributed by atoms with Crippen LogP contribution in [0.15, 0.2) is 24.7 Å². The van der Waals surface area contributed by atoms with Crippen LogP contribution in [0.25, 0.3) is 5.65 Å². The molecule has 128 valence electrons. The van der Waals surface area contributed by atoms with Crippen LogP contribution in [0, 0.1) is 11.7 Å². The summed E-state index contributed by atoms with van der Waals surface area (Å²) in [4.78, 5) is 9.76. The van der Waals surface area contributed by atoms with E-state index in [1.165, 1.54) is 19.2 Å². The fourth-order valence-electron chi connectivity index (χ4n) is 3.13. The van der Waals surface area contributed by atoms with Gasteiger partial charge in [-0.25, -0.2) is 14.4 Å². The van der Waals surface area contributed by atoms with Crippen molar-refractivity contribution in [3.63, 3.8) is 0 Å². The fraction of sp³-hybridized carbons (Fsp3) is 0.438. The maximum Gasteiger partial charge on any atom is 0.183 e. The zero-order valence-corrected chi connectivity index (χ0v) is 13.5. The molecule has 3 aromatic heterocycles. The number of nitrogens with one attached hydrogen (secondary N) is 1. The molecule has 0 unspecified atom stereocenters. The van der Waals surface area contributed by atoms with Crippen molar-refractivity contribution in [3.05, 3.63) is 36.3 Å². The lowest BCUT2D eigenvalue weighted by atomic mass is 10.0. The molecule has 1 saturated heterocycles. The van der Waals surface area contributed by atoms with Gasteiger partial charge in [0.05, 0.1) is 6.20 Å². The molecular weight excluding hydrogens is 323 g/mol. The Morgan fingerprint density at radius 1 is 1.20 bits per heavy atom. The Hall–Kier alpha value is -2.84. The Morgan fingerprint density at radius 2 is 2.08 bits per heavy atom. The first kappa shape index (κ1) is 14.5. The van der Waals surface area contributed by atoms with Gasteiger partial charge in [0.25, 0.3) is 0 Å². The lowest BCUT2D eigenvalue weighted by Crippen LogP contribution is -2.50. The third kappa shape index (κ3) is 2.65. The van der Waals surface area contributed by atoms with Crippen molar-refractivity contribution in [2.75, 3.05) is 29.9 Å². The van der Waals surface area contributed by atoms with Gasteiger partial charge in [0.15, 0.2) is 23.1 Å². The summed E-state index contributed by atoms with van der Waals surface area (Å²) in [6.45, 7) is 2.42. The average molecular weight is 340 g/mol. The van der Waals surface area contributed by atoms with E-state index in [0.717, 1.165) is 36.6 Å². The number of anilines is 2. The molecule has 0 amide bonds. The third-order valence-corrected chi connectivity index (χ3v) is 4.72. The molecule has 0 atom stereocenters. The minimum Gasteiger partial charge on any atom is -0.367 e. The molecule has 0 bridgehead atoms. The number of aromatic nitrogens is 6. The van der Waals surface area contributed by atoms with Crippen LogP contribution in [-0.4, -0.2) is 49.4 Å². The first-order chi connectivity index (χ1) is 12.3. The van der Waals surface area contributed by atoms with Crippen LogP contribution in [0.4, 0.5) is 16.0 Å². The summed E-state index contributed by atoms with van der Waals surface area (Å²) in [5.41, 5.74) is 0.795. The van der Waals surface area contributed by atoms with E-state index >= 15 is 0 Å². The largest absolute Gasteiger partial charge is 0.367 e. The van der Waals surface area contributed by atoms with E-state index in [1.807, 2.05) is 16.6 Å². The van der Waals surface area contributed by atoms with Crippen LogP contribution in [-0.2, 0) is 0 Å². The number of hydrogen-bond donors (Lipinski definition) is 1. The van der Waals surface area contributed by atoms with Crippen LogP contribution >= 0.6 is 0 Å². The van der Waals surface area contributed by atoms with Gasteiger partial charge in [-0.2, -0.15) is 4.52 Å². The maximum absolute atomic E-state index is 13.5.